The van der Waals surface area contributed by atoms with Crippen LogP contribution in [0.4, 0.5) is 11.5 Å². The molecule has 0 radical (unpaired) electrons. The molecule has 0 aliphatic carbocycles. The maximum absolute atomic E-state index is 12.4. The Morgan fingerprint density at radius 2 is 1.97 bits per heavy atom. The van der Waals surface area contributed by atoms with E-state index >= 15 is 0 Å². The van der Waals surface area contributed by atoms with Gasteiger partial charge in [0.15, 0.2) is 0 Å². The van der Waals surface area contributed by atoms with Crippen LogP contribution in [0.2, 0.25) is 0 Å². The SMILES string of the molecule is O=C(O)[C@@H](c1ccccc1N1CCCC1)N1CC[C@@H](OCCCCc2ccc3c(n2)NCCC3)C1. The Kier molecular flexibility index (Phi) is 7.84. The van der Waals surface area contributed by atoms with Crippen LogP contribution in [-0.2, 0) is 22.4 Å². The minimum Gasteiger partial charge on any atom is -0.480 e. The summed E-state index contributed by atoms with van der Waals surface area (Å²) < 4.78 is 6.18. The molecule has 1 aromatic carbocycles. The molecule has 0 saturated carbocycles. The number of para-hydroxylation sites is 1. The molecule has 2 atom stereocenters. The second kappa shape index (κ2) is 11.4. The number of aliphatic carboxylic acids is 1. The van der Waals surface area contributed by atoms with Crippen LogP contribution in [0, 0.1) is 0 Å². The number of aromatic nitrogens is 1. The Balaban J connectivity index is 1.10. The van der Waals surface area contributed by atoms with Gasteiger partial charge in [-0.3, -0.25) is 9.69 Å². The summed E-state index contributed by atoms with van der Waals surface area (Å²) >= 11 is 0. The molecular weight excluding hydrogens is 440 g/mol. The highest BCUT2D eigenvalue weighted by Crippen LogP contribution is 2.34. The number of benzene rings is 1. The molecule has 7 heteroatoms. The maximum atomic E-state index is 12.4. The highest BCUT2D eigenvalue weighted by Gasteiger charge is 2.36. The number of anilines is 2. The predicted octanol–water partition coefficient (Wildman–Crippen LogP) is 4.28. The molecule has 2 saturated heterocycles. The number of nitrogens with one attached hydrogen (secondary N) is 1. The molecular formula is C28H38N4O3. The number of rotatable bonds is 10. The van der Waals surface area contributed by atoms with Gasteiger partial charge < -0.3 is 20.1 Å². The van der Waals surface area contributed by atoms with Crippen LogP contribution in [0.5, 0.6) is 0 Å². The van der Waals surface area contributed by atoms with Crippen LogP contribution in [0.25, 0.3) is 0 Å². The summed E-state index contributed by atoms with van der Waals surface area (Å²) in [5.41, 5.74) is 4.46. The molecule has 0 bridgehead atoms. The second-order valence-electron chi connectivity index (χ2n) is 10.1. The summed E-state index contributed by atoms with van der Waals surface area (Å²) in [5, 5.41) is 13.6. The van der Waals surface area contributed by atoms with Crippen molar-refractivity contribution in [2.75, 3.05) is 49.5 Å². The van der Waals surface area contributed by atoms with Gasteiger partial charge in [0.25, 0.3) is 0 Å². The number of carbonyl (C=O) groups is 1. The molecule has 0 unspecified atom stereocenters. The number of ether oxygens (including phenoxy) is 1. The topological polar surface area (TPSA) is 77.9 Å². The van der Waals surface area contributed by atoms with Crippen LogP contribution in [0.3, 0.4) is 0 Å². The Labute approximate surface area is 208 Å². The molecule has 4 heterocycles. The average molecular weight is 479 g/mol. The van der Waals surface area contributed by atoms with E-state index in [1.54, 1.807) is 0 Å². The first-order valence-corrected chi connectivity index (χ1v) is 13.3. The summed E-state index contributed by atoms with van der Waals surface area (Å²) in [4.78, 5) is 21.6. The summed E-state index contributed by atoms with van der Waals surface area (Å²) in [5.74, 6) is 0.291. The molecule has 0 amide bonds. The average Bonchev–Trinajstić information content (AvgIpc) is 3.57. The lowest BCUT2D eigenvalue weighted by Gasteiger charge is -2.29. The van der Waals surface area contributed by atoms with Crippen LogP contribution in [0.1, 0.15) is 61.4 Å². The van der Waals surface area contributed by atoms with Crippen LogP contribution >= 0.6 is 0 Å². The normalized spacial score (nSPS) is 21.0. The first-order valence-electron chi connectivity index (χ1n) is 13.3. The van der Waals surface area contributed by atoms with E-state index in [-0.39, 0.29) is 6.10 Å². The van der Waals surface area contributed by atoms with Crippen molar-refractivity contribution in [3.8, 4) is 0 Å². The van der Waals surface area contributed by atoms with Gasteiger partial charge in [-0.2, -0.15) is 0 Å². The Morgan fingerprint density at radius 3 is 2.83 bits per heavy atom. The van der Waals surface area contributed by atoms with Gasteiger partial charge in [0.1, 0.15) is 11.9 Å². The molecule has 2 fully saturated rings. The molecule has 5 rings (SSSR count). The predicted molar refractivity (Wildman–Crippen MR) is 138 cm³/mol. The third-order valence-electron chi connectivity index (χ3n) is 7.59. The highest BCUT2D eigenvalue weighted by molar-refractivity contribution is 5.79. The first kappa shape index (κ1) is 24.1. The number of fused-ring (bicyclic) bond motifs is 1. The van der Waals surface area contributed by atoms with Gasteiger partial charge in [0, 0.05) is 56.3 Å². The minimum atomic E-state index is -0.774. The number of hydrogen-bond donors (Lipinski definition) is 2. The molecule has 0 spiro atoms. The van der Waals surface area contributed by atoms with Gasteiger partial charge in [0.2, 0.25) is 0 Å². The zero-order chi connectivity index (χ0) is 24.0. The fourth-order valence-corrected chi connectivity index (χ4v) is 5.74. The summed E-state index contributed by atoms with van der Waals surface area (Å²) in [6.07, 6.45) is 8.62. The standard InChI is InChI=1S/C28H38N4O3/c33-28(34)26(24-10-1-2-11-25(24)31-16-4-5-17-31)32-18-14-23(20-32)35-19-6-3-9-22-13-12-21-8-7-15-29-27(21)30-22/h1-2,10-13,23,26H,3-9,14-20H2,(H,29,30)(H,33,34)/t23-,26-/m1/s1. The minimum absolute atomic E-state index is 0.0990. The van der Waals surface area contributed by atoms with Crippen molar-refractivity contribution in [3.63, 3.8) is 0 Å². The molecule has 3 aliphatic heterocycles. The van der Waals surface area contributed by atoms with Gasteiger partial charge in [-0.25, -0.2) is 4.98 Å². The van der Waals surface area contributed by atoms with Crippen molar-refractivity contribution in [1.29, 1.82) is 0 Å². The lowest BCUT2D eigenvalue weighted by atomic mass is 10.0. The van der Waals surface area contributed by atoms with Gasteiger partial charge in [-0.15, -0.1) is 0 Å². The summed E-state index contributed by atoms with van der Waals surface area (Å²) in [6.45, 7) is 5.16. The number of aryl methyl sites for hydroxylation is 2. The largest absolute Gasteiger partial charge is 0.480 e. The summed E-state index contributed by atoms with van der Waals surface area (Å²) in [6, 6.07) is 11.8. The van der Waals surface area contributed by atoms with Gasteiger partial charge in [0.05, 0.1) is 6.10 Å². The highest BCUT2D eigenvalue weighted by atomic mass is 16.5. The lowest BCUT2D eigenvalue weighted by molar-refractivity contribution is -0.143. The van der Waals surface area contributed by atoms with E-state index < -0.39 is 12.0 Å². The maximum Gasteiger partial charge on any atom is 0.325 e. The van der Waals surface area contributed by atoms with Crippen molar-refractivity contribution < 1.29 is 14.6 Å². The van der Waals surface area contributed by atoms with Crippen LogP contribution in [0.15, 0.2) is 36.4 Å². The number of pyridine rings is 1. The van der Waals surface area contributed by atoms with Crippen molar-refractivity contribution in [2.45, 2.75) is 63.5 Å². The molecule has 35 heavy (non-hydrogen) atoms. The summed E-state index contributed by atoms with van der Waals surface area (Å²) in [7, 11) is 0. The fourth-order valence-electron chi connectivity index (χ4n) is 5.74. The van der Waals surface area contributed by atoms with Crippen molar-refractivity contribution in [3.05, 3.63) is 53.2 Å². The zero-order valence-corrected chi connectivity index (χ0v) is 20.6. The van der Waals surface area contributed by atoms with Crippen LogP contribution in [-0.4, -0.2) is 66.4 Å². The van der Waals surface area contributed by atoms with Crippen LogP contribution < -0.4 is 10.2 Å². The number of hydrogen-bond acceptors (Lipinski definition) is 6. The third-order valence-corrected chi connectivity index (χ3v) is 7.59. The quantitative estimate of drug-likeness (QED) is 0.494. The van der Waals surface area contributed by atoms with E-state index in [1.807, 2.05) is 18.2 Å². The third kappa shape index (κ3) is 5.78. The fraction of sp³-hybridized carbons (Fsp3) is 0.571. The van der Waals surface area contributed by atoms with E-state index in [4.69, 9.17) is 9.72 Å². The molecule has 3 aliphatic rings. The first-order chi connectivity index (χ1) is 17.2. The number of unbranched alkanes of at least 4 members (excludes halogenated alkanes) is 1. The van der Waals surface area contributed by atoms with E-state index in [9.17, 15) is 9.90 Å². The van der Waals surface area contributed by atoms with Gasteiger partial charge in [-0.1, -0.05) is 24.3 Å². The number of carboxylic acid groups (broad SMARTS) is 1. The van der Waals surface area contributed by atoms with Crippen molar-refractivity contribution in [2.24, 2.45) is 0 Å². The zero-order valence-electron chi connectivity index (χ0n) is 20.6. The molecule has 1 aromatic heterocycles. The lowest BCUT2D eigenvalue weighted by Crippen LogP contribution is -2.35. The van der Waals surface area contributed by atoms with Crippen molar-refractivity contribution in [1.82, 2.24) is 9.88 Å². The monoisotopic (exact) mass is 478 g/mol. The number of likely N-dealkylation sites (tertiary alicyclic amines) is 1. The Hall–Kier alpha value is -2.64. The molecule has 2 N–H and O–H groups in total. The number of nitrogens with zero attached hydrogens (tertiary/aromatic N) is 3. The molecule has 7 nitrogen and oxygen atoms in total. The van der Waals surface area contributed by atoms with Gasteiger partial charge >= 0.3 is 5.97 Å². The van der Waals surface area contributed by atoms with E-state index in [2.05, 4.69) is 33.3 Å². The number of carboxylic acids is 1. The van der Waals surface area contributed by atoms with E-state index in [1.165, 1.54) is 24.8 Å². The molecule has 2 aromatic rings. The Bertz CT molecular complexity index is 1010. The van der Waals surface area contributed by atoms with Gasteiger partial charge in [-0.05, 0) is 69.1 Å². The second-order valence-corrected chi connectivity index (χ2v) is 10.1. The van der Waals surface area contributed by atoms with E-state index in [0.717, 1.165) is 81.0 Å². The Morgan fingerprint density at radius 1 is 1.11 bits per heavy atom. The molecule has 188 valence electrons. The smallest absolute Gasteiger partial charge is 0.325 e. The van der Waals surface area contributed by atoms with E-state index in [0.29, 0.717) is 13.2 Å². The van der Waals surface area contributed by atoms with Crippen molar-refractivity contribution >= 4 is 17.5 Å².